The van der Waals surface area contributed by atoms with Crippen molar-refractivity contribution in [1.82, 2.24) is 0 Å². The fourth-order valence-electron chi connectivity index (χ4n) is 2.25. The van der Waals surface area contributed by atoms with E-state index >= 15 is 0 Å². The molecule has 3 nitrogen and oxygen atoms in total. The summed E-state index contributed by atoms with van der Waals surface area (Å²) >= 11 is 0. The summed E-state index contributed by atoms with van der Waals surface area (Å²) in [6.45, 7) is 10.0. The van der Waals surface area contributed by atoms with Crippen LogP contribution in [-0.2, 0) is 14.3 Å². The summed E-state index contributed by atoms with van der Waals surface area (Å²) in [5, 5.41) is 0. The van der Waals surface area contributed by atoms with Crippen LogP contribution >= 0.6 is 0 Å². The van der Waals surface area contributed by atoms with Gasteiger partial charge in [-0.2, -0.15) is 0 Å². The third-order valence-electron chi connectivity index (χ3n) is 3.67. The average molecular weight is 214 g/mol. The first-order valence-electron chi connectivity index (χ1n) is 5.80. The molecule has 0 radical (unpaired) electrons. The number of ether oxygens (including phenoxy) is 2. The van der Waals surface area contributed by atoms with E-state index in [4.69, 9.17) is 9.47 Å². The molecule has 1 rings (SSSR count). The van der Waals surface area contributed by atoms with Crippen LogP contribution in [0.3, 0.4) is 0 Å². The zero-order valence-electron chi connectivity index (χ0n) is 10.3. The van der Waals surface area contributed by atoms with Crippen molar-refractivity contribution in [2.45, 2.75) is 53.4 Å². The minimum absolute atomic E-state index is 0.209. The predicted molar refractivity (Wildman–Crippen MR) is 58.2 cm³/mol. The Kier molecular flexibility index (Phi) is 4.14. The van der Waals surface area contributed by atoms with Gasteiger partial charge in [-0.25, -0.2) is 0 Å². The van der Waals surface area contributed by atoms with Gasteiger partial charge in [-0.15, -0.1) is 0 Å². The molecule has 3 heteroatoms. The summed E-state index contributed by atoms with van der Waals surface area (Å²) in [4.78, 5) is 10.9. The van der Waals surface area contributed by atoms with E-state index in [2.05, 4.69) is 27.7 Å². The molecular formula is C12H22O3. The molecule has 0 spiro atoms. The van der Waals surface area contributed by atoms with Crippen molar-refractivity contribution >= 4 is 5.97 Å². The van der Waals surface area contributed by atoms with Crippen molar-refractivity contribution in [3.63, 3.8) is 0 Å². The standard InChI is InChI=1S/C12H22O3/c1-6-11-8(3)7(2)9(4)12(15-11)14-10(5)13/h7-9,11-12H,6H2,1-5H3/t7-,8-,9?,11?,12?/m0/s1. The molecule has 5 atom stereocenters. The van der Waals surface area contributed by atoms with Crippen molar-refractivity contribution in [2.75, 3.05) is 0 Å². The van der Waals surface area contributed by atoms with Crippen LogP contribution in [0.4, 0.5) is 0 Å². The molecule has 0 amide bonds. The highest BCUT2D eigenvalue weighted by molar-refractivity contribution is 5.66. The smallest absolute Gasteiger partial charge is 0.304 e. The minimum atomic E-state index is -0.362. The zero-order valence-corrected chi connectivity index (χ0v) is 10.3. The second kappa shape index (κ2) is 4.97. The second-order valence-corrected chi connectivity index (χ2v) is 4.64. The van der Waals surface area contributed by atoms with E-state index < -0.39 is 0 Å². The Morgan fingerprint density at radius 3 is 2.27 bits per heavy atom. The molecule has 1 heterocycles. The van der Waals surface area contributed by atoms with E-state index in [9.17, 15) is 4.79 Å². The van der Waals surface area contributed by atoms with Gasteiger partial charge in [-0.3, -0.25) is 4.79 Å². The molecule has 3 unspecified atom stereocenters. The van der Waals surface area contributed by atoms with Crippen LogP contribution in [0.1, 0.15) is 41.0 Å². The van der Waals surface area contributed by atoms with Gasteiger partial charge in [0.05, 0.1) is 6.10 Å². The largest absolute Gasteiger partial charge is 0.436 e. The number of hydrogen-bond acceptors (Lipinski definition) is 3. The van der Waals surface area contributed by atoms with Crippen LogP contribution in [0.25, 0.3) is 0 Å². The number of carbonyl (C=O) groups is 1. The van der Waals surface area contributed by atoms with Crippen molar-refractivity contribution in [1.29, 1.82) is 0 Å². The molecule has 1 aliphatic rings. The van der Waals surface area contributed by atoms with E-state index in [-0.39, 0.29) is 24.3 Å². The van der Waals surface area contributed by atoms with Gasteiger partial charge < -0.3 is 9.47 Å². The molecule has 0 aromatic heterocycles. The van der Waals surface area contributed by atoms with Crippen LogP contribution in [-0.4, -0.2) is 18.4 Å². The Morgan fingerprint density at radius 2 is 1.80 bits per heavy atom. The minimum Gasteiger partial charge on any atom is -0.436 e. The molecule has 1 aliphatic heterocycles. The molecule has 0 saturated carbocycles. The Labute approximate surface area is 92.1 Å². The van der Waals surface area contributed by atoms with E-state index in [1.54, 1.807) is 0 Å². The first kappa shape index (κ1) is 12.5. The third-order valence-corrected chi connectivity index (χ3v) is 3.67. The molecule has 0 bridgehead atoms. The van der Waals surface area contributed by atoms with Crippen molar-refractivity contribution in [2.24, 2.45) is 17.8 Å². The SMILES string of the molecule is CCC1OC(OC(C)=O)C(C)[C@@H](C)[C@@H]1C. The lowest BCUT2D eigenvalue weighted by Crippen LogP contribution is -2.46. The van der Waals surface area contributed by atoms with Crippen molar-refractivity contribution in [3.05, 3.63) is 0 Å². The molecule has 0 aromatic carbocycles. The van der Waals surface area contributed by atoms with Crippen LogP contribution in [0, 0.1) is 17.8 Å². The maximum Gasteiger partial charge on any atom is 0.304 e. The molecule has 0 aromatic rings. The number of hydrogen-bond donors (Lipinski definition) is 0. The monoisotopic (exact) mass is 214 g/mol. The van der Waals surface area contributed by atoms with Gasteiger partial charge in [-0.05, 0) is 18.3 Å². The van der Waals surface area contributed by atoms with E-state index in [0.29, 0.717) is 11.8 Å². The van der Waals surface area contributed by atoms with Gasteiger partial charge in [0, 0.05) is 12.8 Å². The maximum absolute atomic E-state index is 10.9. The summed E-state index contributed by atoms with van der Waals surface area (Å²) in [6.07, 6.45) is 0.815. The second-order valence-electron chi connectivity index (χ2n) is 4.64. The highest BCUT2D eigenvalue weighted by Gasteiger charge is 2.39. The van der Waals surface area contributed by atoms with Crippen LogP contribution in [0.5, 0.6) is 0 Å². The highest BCUT2D eigenvalue weighted by atomic mass is 16.7. The van der Waals surface area contributed by atoms with E-state index in [1.165, 1.54) is 6.92 Å². The molecule has 0 aliphatic carbocycles. The summed E-state index contributed by atoms with van der Waals surface area (Å²) in [6, 6.07) is 0. The van der Waals surface area contributed by atoms with E-state index in [0.717, 1.165) is 6.42 Å². The quantitative estimate of drug-likeness (QED) is 0.663. The summed E-state index contributed by atoms with van der Waals surface area (Å²) in [5.41, 5.74) is 0. The Bertz CT molecular complexity index is 225. The molecule has 1 fully saturated rings. The van der Waals surface area contributed by atoms with Gasteiger partial charge in [0.25, 0.3) is 0 Å². The lowest BCUT2D eigenvalue weighted by molar-refractivity contribution is -0.241. The molecule has 88 valence electrons. The van der Waals surface area contributed by atoms with Gasteiger partial charge >= 0.3 is 5.97 Å². The fraction of sp³-hybridized carbons (Fsp3) is 0.917. The van der Waals surface area contributed by atoms with E-state index in [1.807, 2.05) is 0 Å². The third kappa shape index (κ3) is 2.71. The number of carbonyl (C=O) groups excluding carboxylic acids is 1. The van der Waals surface area contributed by atoms with Gasteiger partial charge in [0.15, 0.2) is 0 Å². The average Bonchev–Trinajstić information content (AvgIpc) is 2.18. The van der Waals surface area contributed by atoms with Gasteiger partial charge in [0.2, 0.25) is 6.29 Å². The first-order chi connectivity index (χ1) is 6.97. The molecule has 0 N–H and O–H groups in total. The summed E-state index contributed by atoms with van der Waals surface area (Å²) < 4.78 is 11.0. The summed E-state index contributed by atoms with van der Waals surface area (Å²) in [5.74, 6) is 1.06. The Morgan fingerprint density at radius 1 is 1.20 bits per heavy atom. The fourth-order valence-corrected chi connectivity index (χ4v) is 2.25. The maximum atomic E-state index is 10.9. The van der Waals surface area contributed by atoms with Gasteiger partial charge in [-0.1, -0.05) is 27.7 Å². The normalized spacial score (nSPS) is 41.3. The Hall–Kier alpha value is -0.570. The number of esters is 1. The molecular weight excluding hydrogens is 192 g/mol. The topological polar surface area (TPSA) is 35.5 Å². The van der Waals surface area contributed by atoms with Crippen molar-refractivity contribution in [3.8, 4) is 0 Å². The van der Waals surface area contributed by atoms with Crippen molar-refractivity contribution < 1.29 is 14.3 Å². The van der Waals surface area contributed by atoms with Crippen LogP contribution in [0.15, 0.2) is 0 Å². The van der Waals surface area contributed by atoms with Crippen LogP contribution in [0.2, 0.25) is 0 Å². The zero-order chi connectivity index (χ0) is 11.6. The Balaban J connectivity index is 2.69. The molecule has 15 heavy (non-hydrogen) atoms. The lowest BCUT2D eigenvalue weighted by atomic mass is 9.78. The predicted octanol–water partition coefficient (Wildman–Crippen LogP) is 2.59. The van der Waals surface area contributed by atoms with Gasteiger partial charge in [0.1, 0.15) is 0 Å². The highest BCUT2D eigenvalue weighted by Crippen LogP contribution is 2.36. The molecule has 1 saturated heterocycles. The lowest BCUT2D eigenvalue weighted by Gasteiger charge is -2.42. The van der Waals surface area contributed by atoms with Crippen LogP contribution < -0.4 is 0 Å². The number of rotatable bonds is 2. The summed E-state index contributed by atoms with van der Waals surface area (Å²) in [7, 11) is 0. The first-order valence-corrected chi connectivity index (χ1v) is 5.80.